The van der Waals surface area contributed by atoms with E-state index < -0.39 is 0 Å². The van der Waals surface area contributed by atoms with Crippen molar-refractivity contribution in [3.63, 3.8) is 0 Å². The molecule has 2 aromatic carbocycles. The minimum Gasteiger partial charge on any atom is -0.493 e. The summed E-state index contributed by atoms with van der Waals surface area (Å²) in [4.78, 5) is 0. The Morgan fingerprint density at radius 3 is 2.33 bits per heavy atom. The number of halogens is 2. The molecular weight excluding hydrogens is 417 g/mol. The number of nitrogens with one attached hydrogen (secondary N) is 1. The van der Waals surface area contributed by atoms with Crippen molar-refractivity contribution < 1.29 is 9.47 Å². The number of hydrogen-bond acceptors (Lipinski definition) is 3. The van der Waals surface area contributed by atoms with Gasteiger partial charge in [0.1, 0.15) is 6.61 Å². The first-order valence-corrected chi connectivity index (χ1v) is 11.8. The molecule has 4 aliphatic rings. The predicted octanol–water partition coefficient (Wildman–Crippen LogP) is 6.50. The van der Waals surface area contributed by atoms with Crippen LogP contribution in [0.15, 0.2) is 36.4 Å². The zero-order valence-electron chi connectivity index (χ0n) is 17.4. The molecule has 4 bridgehead atoms. The summed E-state index contributed by atoms with van der Waals surface area (Å²) in [5.41, 5.74) is 2.07. The number of hydrogen-bond donors (Lipinski definition) is 1. The van der Waals surface area contributed by atoms with E-state index >= 15 is 0 Å². The molecule has 6 rings (SSSR count). The van der Waals surface area contributed by atoms with Gasteiger partial charge in [-0.15, -0.1) is 0 Å². The van der Waals surface area contributed by atoms with Crippen LogP contribution in [0.3, 0.4) is 0 Å². The van der Waals surface area contributed by atoms with Crippen LogP contribution in [-0.4, -0.2) is 13.2 Å². The highest BCUT2D eigenvalue weighted by Gasteiger charge is 2.47. The van der Waals surface area contributed by atoms with Crippen LogP contribution in [0.4, 0.5) is 0 Å². The molecule has 0 radical (unpaired) electrons. The van der Waals surface area contributed by atoms with Crippen molar-refractivity contribution in [2.75, 3.05) is 7.11 Å². The maximum Gasteiger partial charge on any atom is 0.163 e. The van der Waals surface area contributed by atoms with Crippen LogP contribution in [0.1, 0.15) is 43.2 Å². The fraction of sp³-hybridized carbons (Fsp3) is 0.520. The van der Waals surface area contributed by atoms with Crippen LogP contribution < -0.4 is 14.8 Å². The number of rotatable bonds is 7. The topological polar surface area (TPSA) is 30.5 Å². The Hall–Kier alpha value is -1.42. The maximum absolute atomic E-state index is 6.64. The summed E-state index contributed by atoms with van der Waals surface area (Å²) in [6.07, 6.45) is 7.14. The molecule has 5 heteroatoms. The van der Waals surface area contributed by atoms with Crippen molar-refractivity contribution in [3.8, 4) is 11.5 Å². The monoisotopic (exact) mass is 445 g/mol. The Bertz CT molecular complexity index is 888. The fourth-order valence-electron chi connectivity index (χ4n) is 6.26. The molecule has 0 saturated heterocycles. The van der Waals surface area contributed by atoms with E-state index in [1.54, 1.807) is 7.11 Å². The Morgan fingerprint density at radius 2 is 1.67 bits per heavy atom. The lowest BCUT2D eigenvalue weighted by molar-refractivity contribution is -0.0142. The molecule has 0 amide bonds. The average molecular weight is 446 g/mol. The molecule has 0 aromatic heterocycles. The Kier molecular flexibility index (Phi) is 5.88. The summed E-state index contributed by atoms with van der Waals surface area (Å²) in [6.45, 7) is 1.19. The molecule has 2 aromatic rings. The van der Waals surface area contributed by atoms with E-state index in [0.29, 0.717) is 34.2 Å². The van der Waals surface area contributed by atoms with Crippen molar-refractivity contribution in [1.29, 1.82) is 0 Å². The third-order valence-electron chi connectivity index (χ3n) is 7.37. The molecule has 0 aliphatic heterocycles. The second kappa shape index (κ2) is 8.61. The molecule has 0 atom stereocenters. The second-order valence-corrected chi connectivity index (χ2v) is 10.2. The molecular formula is C25H29Cl2NO2. The Balaban J connectivity index is 1.26. The molecule has 3 nitrogen and oxygen atoms in total. The number of benzene rings is 2. The average Bonchev–Trinajstić information content (AvgIpc) is 2.72. The first kappa shape index (κ1) is 20.5. The van der Waals surface area contributed by atoms with E-state index in [0.717, 1.165) is 41.3 Å². The van der Waals surface area contributed by atoms with Gasteiger partial charge in [0.25, 0.3) is 0 Å². The highest BCUT2D eigenvalue weighted by molar-refractivity contribution is 6.31. The number of methoxy groups -OCH3 is 1. The van der Waals surface area contributed by atoms with Gasteiger partial charge in [-0.3, -0.25) is 0 Å². The molecule has 1 N–H and O–H groups in total. The molecule has 4 fully saturated rings. The van der Waals surface area contributed by atoms with E-state index in [2.05, 4.69) is 5.32 Å². The molecule has 4 aliphatic carbocycles. The van der Waals surface area contributed by atoms with Crippen LogP contribution in [0.2, 0.25) is 10.0 Å². The first-order chi connectivity index (χ1) is 14.6. The largest absolute Gasteiger partial charge is 0.493 e. The van der Waals surface area contributed by atoms with E-state index in [1.807, 2.05) is 36.4 Å². The zero-order valence-corrected chi connectivity index (χ0v) is 18.9. The number of ether oxygens (including phenoxy) is 2. The third kappa shape index (κ3) is 4.17. The molecule has 30 heavy (non-hydrogen) atoms. The van der Waals surface area contributed by atoms with Gasteiger partial charge >= 0.3 is 0 Å². The van der Waals surface area contributed by atoms with Gasteiger partial charge in [-0.1, -0.05) is 35.3 Å². The normalized spacial score (nSPS) is 29.2. The van der Waals surface area contributed by atoms with E-state index in [9.17, 15) is 0 Å². The molecule has 160 valence electrons. The minimum absolute atomic E-state index is 0.415. The van der Waals surface area contributed by atoms with E-state index in [1.165, 1.54) is 32.1 Å². The highest BCUT2D eigenvalue weighted by atomic mass is 35.5. The minimum atomic E-state index is 0.415. The molecule has 0 spiro atoms. The first-order valence-electron chi connectivity index (χ1n) is 11.1. The van der Waals surface area contributed by atoms with Gasteiger partial charge in [0.05, 0.1) is 7.11 Å². The van der Waals surface area contributed by atoms with Gasteiger partial charge < -0.3 is 14.8 Å². The van der Waals surface area contributed by atoms with Crippen molar-refractivity contribution in [2.45, 2.75) is 51.3 Å². The smallest absolute Gasteiger partial charge is 0.163 e. The van der Waals surface area contributed by atoms with Crippen LogP contribution in [-0.2, 0) is 13.2 Å². The fourth-order valence-corrected chi connectivity index (χ4v) is 6.69. The van der Waals surface area contributed by atoms with Crippen molar-refractivity contribution in [2.24, 2.45) is 23.7 Å². The lowest BCUT2D eigenvalue weighted by Gasteiger charge is -2.54. The van der Waals surface area contributed by atoms with Crippen molar-refractivity contribution >= 4 is 23.2 Å². The highest BCUT2D eigenvalue weighted by Crippen LogP contribution is 2.53. The quantitative estimate of drug-likeness (QED) is 0.527. The second-order valence-electron chi connectivity index (χ2n) is 9.35. The summed E-state index contributed by atoms with van der Waals surface area (Å²) in [5.74, 6) is 5.05. The summed E-state index contributed by atoms with van der Waals surface area (Å²) in [5, 5.41) is 5.28. The Labute approximate surface area is 189 Å². The summed E-state index contributed by atoms with van der Waals surface area (Å²) < 4.78 is 11.6. The summed E-state index contributed by atoms with van der Waals surface area (Å²) in [6, 6.07) is 12.2. The van der Waals surface area contributed by atoms with Gasteiger partial charge in [-0.25, -0.2) is 0 Å². The maximum atomic E-state index is 6.64. The van der Waals surface area contributed by atoms with Gasteiger partial charge in [-0.2, -0.15) is 0 Å². The summed E-state index contributed by atoms with van der Waals surface area (Å²) >= 11 is 12.7. The van der Waals surface area contributed by atoms with E-state index in [4.69, 9.17) is 32.7 Å². The third-order valence-corrected chi connectivity index (χ3v) is 7.96. The SMILES string of the molecule is COc1cc(CNC2C3CC4CC(C3)CC2C4)c(Cl)cc1OCc1cccc(Cl)c1. The van der Waals surface area contributed by atoms with Gasteiger partial charge in [0.2, 0.25) is 0 Å². The van der Waals surface area contributed by atoms with E-state index in [-0.39, 0.29) is 0 Å². The Morgan fingerprint density at radius 1 is 0.933 bits per heavy atom. The van der Waals surface area contributed by atoms with Gasteiger partial charge in [0, 0.05) is 28.7 Å². The molecule has 0 heterocycles. The van der Waals surface area contributed by atoms with Crippen LogP contribution >= 0.6 is 23.2 Å². The van der Waals surface area contributed by atoms with Crippen LogP contribution in [0.5, 0.6) is 11.5 Å². The molecule has 0 unspecified atom stereocenters. The standard InChI is InChI=1S/C25H29Cl2NO2/c1-29-23-11-20(13-28-25-18-6-16-5-17(8-18)9-19(25)7-16)22(27)12-24(23)30-14-15-3-2-4-21(26)10-15/h2-4,10-12,16-19,25,28H,5-9,13-14H2,1H3. The van der Waals surface area contributed by atoms with Crippen LogP contribution in [0.25, 0.3) is 0 Å². The van der Waals surface area contributed by atoms with Crippen molar-refractivity contribution in [1.82, 2.24) is 5.32 Å². The predicted molar refractivity (Wildman–Crippen MR) is 121 cm³/mol. The van der Waals surface area contributed by atoms with Crippen LogP contribution in [0, 0.1) is 23.7 Å². The van der Waals surface area contributed by atoms with Gasteiger partial charge in [-0.05, 0) is 85.1 Å². The lowest BCUT2D eigenvalue weighted by atomic mass is 9.54. The lowest BCUT2D eigenvalue weighted by Crippen LogP contribution is -2.54. The van der Waals surface area contributed by atoms with Crippen molar-refractivity contribution in [3.05, 3.63) is 57.6 Å². The summed E-state index contributed by atoms with van der Waals surface area (Å²) in [7, 11) is 1.67. The van der Waals surface area contributed by atoms with Gasteiger partial charge in [0.15, 0.2) is 11.5 Å². The zero-order chi connectivity index (χ0) is 20.7. The molecule has 4 saturated carbocycles.